The van der Waals surface area contributed by atoms with E-state index in [0.29, 0.717) is 5.92 Å². The highest BCUT2D eigenvalue weighted by atomic mass is 16.5. The van der Waals surface area contributed by atoms with Crippen LogP contribution >= 0.6 is 0 Å². The lowest BCUT2D eigenvalue weighted by Gasteiger charge is -2.21. The molecule has 16 heavy (non-hydrogen) atoms. The molecule has 0 aliphatic carbocycles. The van der Waals surface area contributed by atoms with Crippen LogP contribution in [0.3, 0.4) is 0 Å². The molecule has 0 atom stereocenters. The van der Waals surface area contributed by atoms with E-state index in [0.717, 1.165) is 38.1 Å². The van der Waals surface area contributed by atoms with Crippen LogP contribution in [0.25, 0.3) is 5.65 Å². The molecule has 4 nitrogen and oxygen atoms in total. The third-order valence-electron chi connectivity index (χ3n) is 3.17. The first-order valence-electron chi connectivity index (χ1n) is 5.72. The van der Waals surface area contributed by atoms with E-state index in [1.807, 2.05) is 16.6 Å². The zero-order valence-electron chi connectivity index (χ0n) is 9.09. The molecule has 0 amide bonds. The first kappa shape index (κ1) is 9.78. The number of pyridine rings is 1. The van der Waals surface area contributed by atoms with Gasteiger partial charge in [0.2, 0.25) is 6.33 Å². The van der Waals surface area contributed by atoms with Gasteiger partial charge in [0, 0.05) is 18.9 Å². The predicted octanol–water partition coefficient (Wildman–Crippen LogP) is 1.50. The maximum absolute atomic E-state index is 5.37. The first-order valence-corrected chi connectivity index (χ1v) is 5.72. The smallest absolute Gasteiger partial charge is 0.221 e. The molecule has 1 radical (unpaired) electrons. The van der Waals surface area contributed by atoms with Crippen LogP contribution in [0.15, 0.2) is 18.2 Å². The summed E-state index contributed by atoms with van der Waals surface area (Å²) in [6.45, 7) is 1.79. The minimum absolute atomic E-state index is 0.712. The highest BCUT2D eigenvalue weighted by molar-refractivity contribution is 5.37. The fourth-order valence-electron chi connectivity index (χ4n) is 2.25. The van der Waals surface area contributed by atoms with Gasteiger partial charge in [0.1, 0.15) is 0 Å². The molecule has 3 heterocycles. The number of ether oxygens (including phenoxy) is 1. The van der Waals surface area contributed by atoms with E-state index in [2.05, 4.69) is 22.5 Å². The molecule has 0 N–H and O–H groups in total. The van der Waals surface area contributed by atoms with Crippen LogP contribution in [0, 0.1) is 12.2 Å². The summed E-state index contributed by atoms with van der Waals surface area (Å²) in [5.74, 6) is 0.712. The van der Waals surface area contributed by atoms with Gasteiger partial charge < -0.3 is 4.74 Å². The monoisotopic (exact) mass is 216 g/mol. The Morgan fingerprint density at radius 2 is 2.25 bits per heavy atom. The summed E-state index contributed by atoms with van der Waals surface area (Å²) in [4.78, 5) is 4.07. The summed E-state index contributed by atoms with van der Waals surface area (Å²) in [6.07, 6.45) is 6.00. The van der Waals surface area contributed by atoms with Crippen molar-refractivity contribution >= 4 is 5.65 Å². The molecule has 1 aliphatic heterocycles. The highest BCUT2D eigenvalue weighted by Crippen LogP contribution is 2.19. The van der Waals surface area contributed by atoms with Crippen molar-refractivity contribution in [2.75, 3.05) is 13.2 Å². The van der Waals surface area contributed by atoms with Crippen LogP contribution in [-0.4, -0.2) is 27.8 Å². The van der Waals surface area contributed by atoms with Crippen LogP contribution in [0.4, 0.5) is 0 Å². The Kier molecular flexibility index (Phi) is 2.58. The van der Waals surface area contributed by atoms with Gasteiger partial charge in [-0.05, 0) is 37.3 Å². The minimum atomic E-state index is 0.712. The Bertz CT molecular complexity index is 474. The standard InChI is InChI=1S/C12H14N3O/c1-2-11(8-10-4-6-16-7-5-10)15-12(3-1)13-9-14-15/h1-3,10H,4-8H2. The summed E-state index contributed by atoms with van der Waals surface area (Å²) >= 11 is 0. The first-order chi connectivity index (χ1) is 7.93. The second-order valence-electron chi connectivity index (χ2n) is 4.26. The Hall–Kier alpha value is -1.42. The maximum atomic E-state index is 5.37. The molecule has 83 valence electrons. The second-order valence-corrected chi connectivity index (χ2v) is 4.26. The zero-order chi connectivity index (χ0) is 10.8. The average Bonchev–Trinajstić information content (AvgIpc) is 2.80. The van der Waals surface area contributed by atoms with Gasteiger partial charge in [0.05, 0.1) is 0 Å². The van der Waals surface area contributed by atoms with Crippen molar-refractivity contribution in [1.29, 1.82) is 0 Å². The molecule has 1 saturated heterocycles. The van der Waals surface area contributed by atoms with Crippen LogP contribution in [0.1, 0.15) is 18.5 Å². The number of aromatic nitrogens is 3. The molecular weight excluding hydrogens is 202 g/mol. The normalized spacial score (nSPS) is 18.0. The number of fused-ring (bicyclic) bond motifs is 1. The van der Waals surface area contributed by atoms with Gasteiger partial charge in [0.15, 0.2) is 5.65 Å². The van der Waals surface area contributed by atoms with E-state index < -0.39 is 0 Å². The van der Waals surface area contributed by atoms with Gasteiger partial charge in [-0.15, -0.1) is 5.10 Å². The summed E-state index contributed by atoms with van der Waals surface area (Å²) in [6, 6.07) is 6.11. The SMILES string of the molecule is [c]1nc2cccc(CC3CCOCC3)n2n1. The van der Waals surface area contributed by atoms with E-state index in [1.165, 1.54) is 5.69 Å². The van der Waals surface area contributed by atoms with Gasteiger partial charge in [-0.2, -0.15) is 0 Å². The van der Waals surface area contributed by atoms with E-state index >= 15 is 0 Å². The van der Waals surface area contributed by atoms with Gasteiger partial charge in [0.25, 0.3) is 0 Å². The minimum Gasteiger partial charge on any atom is -0.381 e. The summed E-state index contributed by atoms with van der Waals surface area (Å²) in [7, 11) is 0. The topological polar surface area (TPSA) is 39.4 Å². The van der Waals surface area contributed by atoms with Crippen LogP contribution in [0.2, 0.25) is 0 Å². The Labute approximate surface area is 94.3 Å². The number of rotatable bonds is 2. The predicted molar refractivity (Wildman–Crippen MR) is 59.1 cm³/mol. The number of hydrogen-bond donors (Lipinski definition) is 0. The fraction of sp³-hybridized carbons (Fsp3) is 0.500. The Morgan fingerprint density at radius 1 is 1.38 bits per heavy atom. The number of hydrogen-bond acceptors (Lipinski definition) is 3. The van der Waals surface area contributed by atoms with Gasteiger partial charge in [-0.3, -0.25) is 0 Å². The third-order valence-corrected chi connectivity index (χ3v) is 3.17. The summed E-state index contributed by atoms with van der Waals surface area (Å²) in [5, 5.41) is 4.13. The molecule has 2 aromatic rings. The van der Waals surface area contributed by atoms with Gasteiger partial charge in [-0.25, -0.2) is 9.50 Å². The number of nitrogens with zero attached hydrogens (tertiary/aromatic N) is 3. The molecule has 3 rings (SSSR count). The highest BCUT2D eigenvalue weighted by Gasteiger charge is 2.15. The molecule has 0 unspecified atom stereocenters. The quantitative estimate of drug-likeness (QED) is 0.763. The molecule has 0 aromatic carbocycles. The van der Waals surface area contributed by atoms with Crippen LogP contribution < -0.4 is 0 Å². The van der Waals surface area contributed by atoms with Gasteiger partial charge >= 0.3 is 0 Å². The fourth-order valence-corrected chi connectivity index (χ4v) is 2.25. The van der Waals surface area contributed by atoms with Crippen molar-refractivity contribution in [3.05, 3.63) is 30.2 Å². The molecule has 0 spiro atoms. The van der Waals surface area contributed by atoms with E-state index in [-0.39, 0.29) is 0 Å². The molecule has 4 heteroatoms. The van der Waals surface area contributed by atoms with E-state index in [4.69, 9.17) is 4.74 Å². The Balaban J connectivity index is 1.85. The third kappa shape index (κ3) is 1.80. The van der Waals surface area contributed by atoms with Crippen molar-refractivity contribution in [2.45, 2.75) is 19.3 Å². The largest absolute Gasteiger partial charge is 0.381 e. The van der Waals surface area contributed by atoms with Crippen molar-refractivity contribution < 1.29 is 4.74 Å². The Morgan fingerprint density at radius 3 is 3.12 bits per heavy atom. The molecule has 0 bridgehead atoms. The lowest BCUT2D eigenvalue weighted by Crippen LogP contribution is -2.18. The summed E-state index contributed by atoms with van der Waals surface area (Å²) in [5.41, 5.74) is 2.10. The maximum Gasteiger partial charge on any atom is 0.221 e. The van der Waals surface area contributed by atoms with E-state index in [1.54, 1.807) is 0 Å². The molecule has 0 saturated carbocycles. The average molecular weight is 216 g/mol. The molecular formula is C12H14N3O. The lowest BCUT2D eigenvalue weighted by atomic mass is 9.95. The van der Waals surface area contributed by atoms with Crippen LogP contribution in [0.5, 0.6) is 0 Å². The van der Waals surface area contributed by atoms with Crippen molar-refractivity contribution in [2.24, 2.45) is 5.92 Å². The van der Waals surface area contributed by atoms with Crippen LogP contribution in [-0.2, 0) is 11.2 Å². The van der Waals surface area contributed by atoms with Gasteiger partial charge in [-0.1, -0.05) is 6.07 Å². The molecule has 1 aliphatic rings. The second kappa shape index (κ2) is 4.22. The van der Waals surface area contributed by atoms with E-state index in [9.17, 15) is 0 Å². The van der Waals surface area contributed by atoms with Crippen molar-refractivity contribution in [3.8, 4) is 0 Å². The zero-order valence-corrected chi connectivity index (χ0v) is 9.09. The van der Waals surface area contributed by atoms with Crippen molar-refractivity contribution in [1.82, 2.24) is 14.6 Å². The molecule has 1 fully saturated rings. The van der Waals surface area contributed by atoms with Crippen molar-refractivity contribution in [3.63, 3.8) is 0 Å². The summed E-state index contributed by atoms with van der Waals surface area (Å²) < 4.78 is 7.25. The molecule has 2 aromatic heterocycles. The lowest BCUT2D eigenvalue weighted by molar-refractivity contribution is 0.0661.